The summed E-state index contributed by atoms with van der Waals surface area (Å²) in [5.74, 6) is -0.751. The van der Waals surface area contributed by atoms with Gasteiger partial charge < -0.3 is 10.2 Å². The molecule has 0 saturated carbocycles. The molecule has 1 aliphatic heterocycles. The van der Waals surface area contributed by atoms with E-state index in [1.165, 1.54) is 12.3 Å². The van der Waals surface area contributed by atoms with Gasteiger partial charge in [-0.15, -0.1) is 0 Å². The van der Waals surface area contributed by atoms with Gasteiger partial charge in [-0.1, -0.05) is 0 Å². The third kappa shape index (κ3) is 2.60. The van der Waals surface area contributed by atoms with Crippen LogP contribution in [0.4, 0.5) is 10.2 Å². The summed E-state index contributed by atoms with van der Waals surface area (Å²) >= 11 is 0. The molecular formula is C14H21FN4O. The van der Waals surface area contributed by atoms with Crippen LogP contribution in [0.2, 0.25) is 0 Å². The van der Waals surface area contributed by atoms with Gasteiger partial charge in [0.15, 0.2) is 11.6 Å². The van der Waals surface area contributed by atoms with E-state index in [1.54, 1.807) is 11.9 Å². The van der Waals surface area contributed by atoms with Crippen molar-refractivity contribution in [1.29, 1.82) is 0 Å². The fourth-order valence-electron chi connectivity index (χ4n) is 2.52. The van der Waals surface area contributed by atoms with Gasteiger partial charge in [-0.2, -0.15) is 0 Å². The highest BCUT2D eigenvalue weighted by Crippen LogP contribution is 2.20. The number of aromatic nitrogens is 1. The topological polar surface area (TPSA) is 48.5 Å². The van der Waals surface area contributed by atoms with E-state index in [2.05, 4.69) is 29.0 Å². The van der Waals surface area contributed by atoms with E-state index in [-0.39, 0.29) is 29.4 Å². The lowest BCUT2D eigenvalue weighted by molar-refractivity contribution is 0.0410. The lowest BCUT2D eigenvalue weighted by Gasteiger charge is -2.42. The van der Waals surface area contributed by atoms with Gasteiger partial charge in [-0.3, -0.25) is 9.69 Å². The first kappa shape index (κ1) is 14.7. The maximum absolute atomic E-state index is 14.2. The van der Waals surface area contributed by atoms with E-state index >= 15 is 0 Å². The van der Waals surface area contributed by atoms with Crippen molar-refractivity contribution in [3.8, 4) is 0 Å². The molecule has 1 amide bonds. The smallest absolute Gasteiger partial charge is 0.257 e. The maximum atomic E-state index is 14.2. The van der Waals surface area contributed by atoms with Crippen LogP contribution in [0.15, 0.2) is 12.3 Å². The van der Waals surface area contributed by atoms with Gasteiger partial charge in [0, 0.05) is 38.4 Å². The number of halogens is 1. The highest BCUT2D eigenvalue weighted by molar-refractivity contribution is 5.95. The highest BCUT2D eigenvalue weighted by Gasteiger charge is 2.31. The zero-order valence-electron chi connectivity index (χ0n) is 12.4. The van der Waals surface area contributed by atoms with Crippen LogP contribution in [-0.2, 0) is 0 Å². The van der Waals surface area contributed by atoms with Crippen molar-refractivity contribution < 1.29 is 9.18 Å². The highest BCUT2D eigenvalue weighted by atomic mass is 19.1. The van der Waals surface area contributed by atoms with Gasteiger partial charge in [0.2, 0.25) is 0 Å². The van der Waals surface area contributed by atoms with Gasteiger partial charge in [0.1, 0.15) is 0 Å². The fraction of sp³-hybridized carbons (Fsp3) is 0.571. The molecule has 5 nitrogen and oxygen atoms in total. The number of hydrogen-bond acceptors (Lipinski definition) is 4. The molecule has 0 spiro atoms. The Labute approximate surface area is 118 Å². The summed E-state index contributed by atoms with van der Waals surface area (Å²) in [4.78, 5) is 20.3. The van der Waals surface area contributed by atoms with E-state index < -0.39 is 5.82 Å². The average Bonchev–Trinajstić information content (AvgIpc) is 2.43. The largest absolute Gasteiger partial charge is 0.371 e. The number of anilines is 1. The third-order valence-electron chi connectivity index (χ3n) is 4.00. The SMILES string of the molecule is CNc1nccc(C(=O)N2CC(C)N(C)C(C)C2)c1F. The van der Waals surface area contributed by atoms with Gasteiger partial charge in [-0.25, -0.2) is 9.37 Å². The van der Waals surface area contributed by atoms with Crippen LogP contribution >= 0.6 is 0 Å². The summed E-state index contributed by atoms with van der Waals surface area (Å²) in [5, 5.41) is 2.65. The zero-order chi connectivity index (χ0) is 14.9. The minimum atomic E-state index is -0.584. The number of nitrogens with one attached hydrogen (secondary N) is 1. The second-order valence-electron chi connectivity index (χ2n) is 5.34. The van der Waals surface area contributed by atoms with Crippen molar-refractivity contribution in [3.63, 3.8) is 0 Å². The Morgan fingerprint density at radius 3 is 2.55 bits per heavy atom. The summed E-state index contributed by atoms with van der Waals surface area (Å²) in [6.45, 7) is 5.35. The average molecular weight is 280 g/mol. The Balaban J connectivity index is 2.24. The summed E-state index contributed by atoms with van der Waals surface area (Å²) < 4.78 is 14.2. The van der Waals surface area contributed by atoms with Crippen LogP contribution in [0.25, 0.3) is 0 Å². The van der Waals surface area contributed by atoms with Crippen LogP contribution in [0.3, 0.4) is 0 Å². The number of piperazine rings is 1. The number of pyridine rings is 1. The Bertz CT molecular complexity index is 496. The van der Waals surface area contributed by atoms with E-state index in [1.807, 2.05) is 7.05 Å². The molecular weight excluding hydrogens is 259 g/mol. The van der Waals surface area contributed by atoms with Crippen molar-refractivity contribution in [3.05, 3.63) is 23.6 Å². The minimum absolute atomic E-state index is 0.0771. The number of carbonyl (C=O) groups excluding carboxylic acids is 1. The summed E-state index contributed by atoms with van der Waals surface area (Å²) in [7, 11) is 3.63. The summed E-state index contributed by atoms with van der Waals surface area (Å²) in [6.07, 6.45) is 1.45. The lowest BCUT2D eigenvalue weighted by Crippen LogP contribution is -2.56. The molecule has 1 aromatic rings. The standard InChI is InChI=1S/C14H21FN4O/c1-9-7-19(8-10(2)18(9)4)14(20)11-5-6-17-13(16-3)12(11)15/h5-6,9-10H,7-8H2,1-4H3,(H,16,17). The second-order valence-corrected chi connectivity index (χ2v) is 5.34. The van der Waals surface area contributed by atoms with E-state index in [0.717, 1.165) is 0 Å². The first-order chi connectivity index (χ1) is 9.45. The molecule has 2 atom stereocenters. The zero-order valence-corrected chi connectivity index (χ0v) is 12.4. The monoisotopic (exact) mass is 280 g/mol. The van der Waals surface area contributed by atoms with Gasteiger partial charge >= 0.3 is 0 Å². The molecule has 0 radical (unpaired) electrons. The molecule has 0 aromatic carbocycles. The van der Waals surface area contributed by atoms with Crippen molar-refractivity contribution in [2.75, 3.05) is 32.5 Å². The molecule has 2 unspecified atom stereocenters. The predicted molar refractivity (Wildman–Crippen MR) is 76.3 cm³/mol. The molecule has 0 bridgehead atoms. The molecule has 110 valence electrons. The Kier molecular flexibility index (Phi) is 4.23. The van der Waals surface area contributed by atoms with Crippen molar-refractivity contribution in [2.45, 2.75) is 25.9 Å². The van der Waals surface area contributed by atoms with Crippen molar-refractivity contribution >= 4 is 11.7 Å². The number of nitrogens with zero attached hydrogens (tertiary/aromatic N) is 3. The first-order valence-electron chi connectivity index (χ1n) is 6.79. The third-order valence-corrected chi connectivity index (χ3v) is 4.00. The number of rotatable bonds is 2. The predicted octanol–water partition coefficient (Wildman–Crippen LogP) is 1.43. The van der Waals surface area contributed by atoms with Crippen LogP contribution in [0, 0.1) is 5.82 Å². The van der Waals surface area contributed by atoms with Crippen molar-refractivity contribution in [1.82, 2.24) is 14.8 Å². The van der Waals surface area contributed by atoms with E-state index in [0.29, 0.717) is 13.1 Å². The molecule has 1 aliphatic rings. The molecule has 2 heterocycles. The normalized spacial score (nSPS) is 23.8. The van der Waals surface area contributed by atoms with E-state index in [4.69, 9.17) is 0 Å². The molecule has 20 heavy (non-hydrogen) atoms. The number of hydrogen-bond donors (Lipinski definition) is 1. The summed E-state index contributed by atoms with van der Waals surface area (Å²) in [5.41, 5.74) is 0.0771. The molecule has 6 heteroatoms. The Morgan fingerprint density at radius 2 is 2.00 bits per heavy atom. The van der Waals surface area contributed by atoms with Crippen LogP contribution in [0.5, 0.6) is 0 Å². The maximum Gasteiger partial charge on any atom is 0.257 e. The quantitative estimate of drug-likeness (QED) is 0.890. The van der Waals surface area contributed by atoms with Crippen LogP contribution in [-0.4, -0.2) is 60.0 Å². The summed E-state index contributed by atoms with van der Waals surface area (Å²) in [6, 6.07) is 1.96. The van der Waals surface area contributed by atoms with Crippen LogP contribution < -0.4 is 5.32 Å². The number of amides is 1. The lowest BCUT2D eigenvalue weighted by atomic mass is 10.1. The molecule has 1 saturated heterocycles. The van der Waals surface area contributed by atoms with Gasteiger partial charge in [-0.05, 0) is 27.0 Å². The number of carbonyl (C=O) groups is 1. The second kappa shape index (κ2) is 5.75. The molecule has 0 aliphatic carbocycles. The van der Waals surface area contributed by atoms with Gasteiger partial charge in [0.25, 0.3) is 5.91 Å². The molecule has 1 aromatic heterocycles. The van der Waals surface area contributed by atoms with E-state index in [9.17, 15) is 9.18 Å². The molecule has 1 fully saturated rings. The Hall–Kier alpha value is -1.69. The number of likely N-dealkylation sites (N-methyl/N-ethyl adjacent to an activating group) is 1. The minimum Gasteiger partial charge on any atom is -0.371 e. The fourth-order valence-corrected chi connectivity index (χ4v) is 2.52. The van der Waals surface area contributed by atoms with Gasteiger partial charge in [0.05, 0.1) is 5.56 Å². The first-order valence-corrected chi connectivity index (χ1v) is 6.79. The molecule has 2 rings (SSSR count). The Morgan fingerprint density at radius 1 is 1.40 bits per heavy atom. The van der Waals surface area contributed by atoms with Crippen molar-refractivity contribution in [2.24, 2.45) is 0 Å². The van der Waals surface area contributed by atoms with Crippen LogP contribution in [0.1, 0.15) is 24.2 Å². The molecule has 1 N–H and O–H groups in total.